The molecule has 1 spiro atoms. The highest BCUT2D eigenvalue weighted by Gasteiger charge is 2.75. The van der Waals surface area contributed by atoms with Gasteiger partial charge in [-0.2, -0.15) is 0 Å². The zero-order valence-electron chi connectivity index (χ0n) is 25.4. The highest BCUT2D eigenvalue weighted by atomic mass is 16.5. The van der Waals surface area contributed by atoms with Gasteiger partial charge in [-0.25, -0.2) is 0 Å². The first kappa shape index (κ1) is 31.3. The van der Waals surface area contributed by atoms with Crippen LogP contribution in [0, 0.1) is 23.2 Å². The molecule has 3 aliphatic heterocycles. The second-order valence-electron chi connectivity index (χ2n) is 13.7. The summed E-state index contributed by atoms with van der Waals surface area (Å²) in [6.45, 7) is 22.6. The van der Waals surface area contributed by atoms with Crippen molar-refractivity contribution in [1.82, 2.24) is 14.7 Å². The van der Waals surface area contributed by atoms with E-state index in [1.165, 1.54) is 0 Å². The quantitative estimate of drug-likeness (QED) is 0.378. The molecule has 2 bridgehead atoms. The van der Waals surface area contributed by atoms with Crippen LogP contribution in [0.25, 0.3) is 0 Å². The summed E-state index contributed by atoms with van der Waals surface area (Å²) < 4.78 is 6.64. The van der Waals surface area contributed by atoms with Crippen LogP contribution in [0.1, 0.15) is 74.1 Å². The summed E-state index contributed by atoms with van der Waals surface area (Å²) in [6.07, 6.45) is 5.57. The molecule has 3 heterocycles. The van der Waals surface area contributed by atoms with Crippen LogP contribution in [0.15, 0.2) is 25.3 Å². The van der Waals surface area contributed by atoms with Crippen LogP contribution in [-0.2, 0) is 19.1 Å². The Hall–Kier alpha value is -2.19. The fourth-order valence-electron chi connectivity index (χ4n) is 7.67. The van der Waals surface area contributed by atoms with E-state index in [2.05, 4.69) is 47.8 Å². The molecule has 2 unspecified atom stereocenters. The van der Waals surface area contributed by atoms with Crippen LogP contribution in [-0.4, -0.2) is 93.6 Å². The van der Waals surface area contributed by atoms with Crippen molar-refractivity contribution in [2.75, 3.05) is 26.7 Å². The second-order valence-corrected chi connectivity index (χ2v) is 13.7. The first-order valence-electron chi connectivity index (χ1n) is 14.5. The molecule has 220 valence electrons. The van der Waals surface area contributed by atoms with Gasteiger partial charge in [-0.15, -0.1) is 13.2 Å². The van der Waals surface area contributed by atoms with Gasteiger partial charge in [-0.05, 0) is 44.4 Å². The highest BCUT2D eigenvalue weighted by molar-refractivity contribution is 5.99. The van der Waals surface area contributed by atoms with Gasteiger partial charge in [0.25, 0.3) is 0 Å². The molecule has 0 aromatic rings. The lowest BCUT2D eigenvalue weighted by Crippen LogP contribution is -2.63. The topological polar surface area (TPSA) is 90.4 Å². The van der Waals surface area contributed by atoms with Crippen molar-refractivity contribution in [3.8, 4) is 0 Å². The van der Waals surface area contributed by atoms with Crippen molar-refractivity contribution in [2.24, 2.45) is 23.2 Å². The molecule has 3 fully saturated rings. The average Bonchev–Trinajstić information content (AvgIpc) is 3.48. The molecule has 3 amide bonds. The predicted molar refractivity (Wildman–Crippen MR) is 153 cm³/mol. The van der Waals surface area contributed by atoms with Crippen molar-refractivity contribution in [3.63, 3.8) is 0 Å². The summed E-state index contributed by atoms with van der Waals surface area (Å²) in [4.78, 5) is 47.9. The third kappa shape index (κ3) is 5.43. The number of carbonyl (C=O) groups excluding carboxylic acids is 3. The molecule has 8 nitrogen and oxygen atoms in total. The van der Waals surface area contributed by atoms with E-state index in [0.717, 1.165) is 12.8 Å². The van der Waals surface area contributed by atoms with Crippen molar-refractivity contribution >= 4 is 17.7 Å². The molecule has 0 radical (unpaired) electrons. The monoisotopic (exact) mass is 545 g/mol. The second kappa shape index (κ2) is 11.4. The Morgan fingerprint density at radius 1 is 1.18 bits per heavy atom. The molecule has 3 rings (SSSR count). The van der Waals surface area contributed by atoms with Gasteiger partial charge in [0.05, 0.1) is 30.6 Å². The van der Waals surface area contributed by atoms with Crippen molar-refractivity contribution in [1.29, 1.82) is 0 Å². The third-order valence-electron chi connectivity index (χ3n) is 9.15. The van der Waals surface area contributed by atoms with Gasteiger partial charge in [0, 0.05) is 25.7 Å². The Labute approximate surface area is 235 Å². The number of hydrogen-bond donors (Lipinski definition) is 1. The van der Waals surface area contributed by atoms with Gasteiger partial charge in [0.15, 0.2) is 0 Å². The third-order valence-corrected chi connectivity index (χ3v) is 9.15. The van der Waals surface area contributed by atoms with Crippen molar-refractivity contribution in [3.05, 3.63) is 25.3 Å². The Bertz CT molecular complexity index is 972. The summed E-state index contributed by atoms with van der Waals surface area (Å²) in [5, 5.41) is 10.6. The molecule has 0 aliphatic carbocycles. The number of likely N-dealkylation sites (N-methyl/N-ethyl adjacent to an activating group) is 1. The van der Waals surface area contributed by atoms with Gasteiger partial charge in [-0.3, -0.25) is 14.4 Å². The van der Waals surface area contributed by atoms with Gasteiger partial charge < -0.3 is 24.5 Å². The maximum Gasteiger partial charge on any atom is 0.249 e. The Kier molecular flexibility index (Phi) is 9.13. The summed E-state index contributed by atoms with van der Waals surface area (Å²) in [7, 11) is 1.71. The number of hydrogen-bond acceptors (Lipinski definition) is 5. The lowest BCUT2D eigenvalue weighted by Gasteiger charge is -2.47. The SMILES string of the molecule is C=CCN(C)C(=O)[C@@H]1[C@@H]2CCC3(O2)C(C(=O)N(CC=C)C(C)(C)CC(C)(C)C)N([C@@H](CO)[C@@H](C)CC)C(=O)[C@H]13. The number of aliphatic hydroxyl groups is 1. The van der Waals surface area contributed by atoms with E-state index in [1.54, 1.807) is 29.0 Å². The number of carbonyl (C=O) groups is 3. The van der Waals surface area contributed by atoms with E-state index in [-0.39, 0.29) is 35.7 Å². The van der Waals surface area contributed by atoms with Gasteiger partial charge in [0.1, 0.15) is 11.6 Å². The number of nitrogens with zero attached hydrogens (tertiary/aromatic N) is 3. The van der Waals surface area contributed by atoms with Crippen LogP contribution in [0.2, 0.25) is 0 Å². The van der Waals surface area contributed by atoms with Crippen LogP contribution in [0.5, 0.6) is 0 Å². The number of amides is 3. The van der Waals surface area contributed by atoms with Crippen LogP contribution in [0.4, 0.5) is 0 Å². The predicted octanol–water partition coefficient (Wildman–Crippen LogP) is 3.64. The molecule has 3 aliphatic rings. The van der Waals surface area contributed by atoms with E-state index >= 15 is 0 Å². The van der Waals surface area contributed by atoms with Crippen molar-refractivity contribution < 1.29 is 24.2 Å². The van der Waals surface area contributed by atoms with E-state index in [1.807, 2.05) is 18.7 Å². The first-order chi connectivity index (χ1) is 18.1. The van der Waals surface area contributed by atoms with E-state index in [9.17, 15) is 19.5 Å². The summed E-state index contributed by atoms with van der Waals surface area (Å²) in [6, 6.07) is -1.48. The standard InChI is InChI=1S/C31H51N3O5/c1-11-16-32(10)26(36)23-22-14-15-31(39-22)24(23)27(37)34(21(18-35)20(4)13-3)25(31)28(38)33(17-12-2)30(8,9)19-29(5,6)7/h11-12,20-25,35H,1-2,13-19H2,3-10H3/t20-,21-,22-,23+,24-,25?,31?/m0/s1. The Balaban J connectivity index is 2.16. The molecule has 39 heavy (non-hydrogen) atoms. The lowest BCUT2D eigenvalue weighted by molar-refractivity contribution is -0.157. The summed E-state index contributed by atoms with van der Waals surface area (Å²) in [5.41, 5.74) is -1.69. The van der Waals surface area contributed by atoms with Gasteiger partial charge in [-0.1, -0.05) is 53.2 Å². The Morgan fingerprint density at radius 3 is 2.31 bits per heavy atom. The van der Waals surface area contributed by atoms with E-state index in [4.69, 9.17) is 4.74 Å². The molecule has 1 N–H and O–H groups in total. The van der Waals surface area contributed by atoms with Gasteiger partial charge >= 0.3 is 0 Å². The molecule has 8 heteroatoms. The smallest absolute Gasteiger partial charge is 0.249 e. The molecular formula is C31H51N3O5. The molecule has 0 aromatic heterocycles. The molecule has 0 aromatic carbocycles. The molecule has 3 saturated heterocycles. The van der Waals surface area contributed by atoms with Crippen LogP contribution < -0.4 is 0 Å². The van der Waals surface area contributed by atoms with Crippen LogP contribution >= 0.6 is 0 Å². The van der Waals surface area contributed by atoms with E-state index < -0.39 is 41.2 Å². The number of ether oxygens (including phenoxy) is 1. The number of fused-ring (bicyclic) bond motifs is 1. The largest absolute Gasteiger partial charge is 0.394 e. The zero-order chi connectivity index (χ0) is 29.5. The zero-order valence-corrected chi connectivity index (χ0v) is 25.4. The minimum absolute atomic E-state index is 0.0465. The maximum atomic E-state index is 14.8. The first-order valence-corrected chi connectivity index (χ1v) is 14.5. The molecule has 7 atom stereocenters. The average molecular weight is 546 g/mol. The minimum Gasteiger partial charge on any atom is -0.394 e. The summed E-state index contributed by atoms with van der Waals surface area (Å²) >= 11 is 0. The normalized spacial score (nSPS) is 29.7. The van der Waals surface area contributed by atoms with Crippen molar-refractivity contribution in [2.45, 2.75) is 103 Å². The number of likely N-dealkylation sites (tertiary alicyclic amines) is 1. The number of rotatable bonds is 12. The molecular weight excluding hydrogens is 494 g/mol. The summed E-state index contributed by atoms with van der Waals surface area (Å²) in [5.74, 6) is -2.09. The fourth-order valence-corrected chi connectivity index (χ4v) is 7.67. The highest BCUT2D eigenvalue weighted by Crippen LogP contribution is 2.59. The maximum absolute atomic E-state index is 14.8. The minimum atomic E-state index is -1.10. The van der Waals surface area contributed by atoms with Gasteiger partial charge in [0.2, 0.25) is 17.7 Å². The van der Waals surface area contributed by atoms with E-state index in [0.29, 0.717) is 25.9 Å². The van der Waals surface area contributed by atoms with Crippen LogP contribution in [0.3, 0.4) is 0 Å². The Morgan fingerprint density at radius 2 is 1.79 bits per heavy atom. The fraction of sp³-hybridized carbons (Fsp3) is 0.774. The lowest BCUT2D eigenvalue weighted by atomic mass is 9.70. The molecule has 0 saturated carbocycles. The number of aliphatic hydroxyl groups excluding tert-OH is 1.